The molecule has 1 heterocycles. The van der Waals surface area contributed by atoms with Gasteiger partial charge in [-0.3, -0.25) is 4.68 Å². The van der Waals surface area contributed by atoms with Gasteiger partial charge in [0.25, 0.3) is 0 Å². The van der Waals surface area contributed by atoms with E-state index in [1.807, 2.05) is 24.8 Å². The second kappa shape index (κ2) is 5.59. The van der Waals surface area contributed by atoms with Gasteiger partial charge in [0, 0.05) is 19.7 Å². The number of nitrogens with one attached hydrogen (secondary N) is 2. The molecule has 0 bridgehead atoms. The minimum Gasteiger partial charge on any atom is -0.370 e. The van der Waals surface area contributed by atoms with Crippen LogP contribution >= 0.6 is 0 Å². The van der Waals surface area contributed by atoms with E-state index in [1.165, 1.54) is 12.8 Å². The molecule has 0 spiro atoms. The van der Waals surface area contributed by atoms with Crippen molar-refractivity contribution in [3.05, 3.63) is 12.3 Å². The number of aromatic nitrogens is 2. The summed E-state index contributed by atoms with van der Waals surface area (Å²) in [6.07, 6.45) is 4.20. The van der Waals surface area contributed by atoms with Crippen molar-refractivity contribution in [1.82, 2.24) is 15.1 Å². The molecule has 1 rings (SSSR count). The first-order chi connectivity index (χ1) is 6.34. The van der Waals surface area contributed by atoms with Gasteiger partial charge in [-0.1, -0.05) is 0 Å². The molecule has 0 atom stereocenters. The number of anilines is 1. The number of unbranched alkanes of at least 4 members (excludes halogenated alkanes) is 1. The molecular weight excluding hydrogens is 164 g/mol. The van der Waals surface area contributed by atoms with Gasteiger partial charge < -0.3 is 10.6 Å². The van der Waals surface area contributed by atoms with E-state index in [2.05, 4.69) is 15.7 Å². The average Bonchev–Trinajstić information content (AvgIpc) is 2.52. The zero-order chi connectivity index (χ0) is 9.52. The molecule has 0 unspecified atom stereocenters. The molecule has 0 aliphatic heterocycles. The van der Waals surface area contributed by atoms with Crippen molar-refractivity contribution in [2.45, 2.75) is 12.8 Å². The molecule has 1 aromatic rings. The topological polar surface area (TPSA) is 41.9 Å². The van der Waals surface area contributed by atoms with E-state index in [9.17, 15) is 0 Å². The van der Waals surface area contributed by atoms with Gasteiger partial charge in [0.1, 0.15) is 5.82 Å². The zero-order valence-corrected chi connectivity index (χ0v) is 8.38. The fourth-order valence-corrected chi connectivity index (χ4v) is 1.19. The number of hydrogen-bond acceptors (Lipinski definition) is 3. The second-order valence-corrected chi connectivity index (χ2v) is 3.08. The Bertz CT molecular complexity index is 231. The van der Waals surface area contributed by atoms with Crippen LogP contribution in [0.3, 0.4) is 0 Å². The van der Waals surface area contributed by atoms with E-state index in [4.69, 9.17) is 0 Å². The van der Waals surface area contributed by atoms with E-state index >= 15 is 0 Å². The lowest BCUT2D eigenvalue weighted by atomic mass is 10.3. The van der Waals surface area contributed by atoms with Crippen molar-refractivity contribution in [3.63, 3.8) is 0 Å². The van der Waals surface area contributed by atoms with Gasteiger partial charge in [0.15, 0.2) is 0 Å². The first-order valence-corrected chi connectivity index (χ1v) is 4.71. The van der Waals surface area contributed by atoms with Crippen molar-refractivity contribution < 1.29 is 0 Å². The summed E-state index contributed by atoms with van der Waals surface area (Å²) < 4.78 is 1.85. The lowest BCUT2D eigenvalue weighted by molar-refractivity contribution is 0.688. The highest BCUT2D eigenvalue weighted by Crippen LogP contribution is 2.02. The molecule has 0 aromatic carbocycles. The van der Waals surface area contributed by atoms with Crippen molar-refractivity contribution in [3.8, 4) is 0 Å². The summed E-state index contributed by atoms with van der Waals surface area (Å²) in [6, 6.07) is 1.98. The van der Waals surface area contributed by atoms with Crippen LogP contribution < -0.4 is 10.6 Å². The van der Waals surface area contributed by atoms with Crippen LogP contribution in [-0.2, 0) is 7.05 Å². The molecule has 4 heteroatoms. The summed E-state index contributed by atoms with van der Waals surface area (Å²) in [5.74, 6) is 1.09. The summed E-state index contributed by atoms with van der Waals surface area (Å²) in [5.41, 5.74) is 0. The van der Waals surface area contributed by atoms with Crippen LogP contribution in [0.1, 0.15) is 12.8 Å². The highest BCUT2D eigenvalue weighted by atomic mass is 15.3. The van der Waals surface area contributed by atoms with E-state index in [0.717, 1.165) is 18.9 Å². The van der Waals surface area contributed by atoms with Crippen molar-refractivity contribution in [2.75, 3.05) is 25.5 Å². The first-order valence-electron chi connectivity index (χ1n) is 4.71. The molecule has 0 fully saturated rings. The molecule has 4 nitrogen and oxygen atoms in total. The Morgan fingerprint density at radius 1 is 1.38 bits per heavy atom. The minimum atomic E-state index is 1.02. The van der Waals surface area contributed by atoms with Crippen molar-refractivity contribution in [2.24, 2.45) is 7.05 Å². The highest BCUT2D eigenvalue weighted by Gasteiger charge is 1.95. The molecule has 0 saturated heterocycles. The molecular formula is C9H18N4. The summed E-state index contributed by atoms with van der Waals surface area (Å²) in [5, 5.41) is 10.5. The van der Waals surface area contributed by atoms with E-state index in [-0.39, 0.29) is 0 Å². The second-order valence-electron chi connectivity index (χ2n) is 3.08. The zero-order valence-electron chi connectivity index (χ0n) is 8.38. The highest BCUT2D eigenvalue weighted by molar-refractivity contribution is 5.32. The Labute approximate surface area is 79.3 Å². The third kappa shape index (κ3) is 3.46. The summed E-state index contributed by atoms with van der Waals surface area (Å²) in [6.45, 7) is 2.11. The third-order valence-corrected chi connectivity index (χ3v) is 1.98. The van der Waals surface area contributed by atoms with Gasteiger partial charge in [0.2, 0.25) is 0 Å². The van der Waals surface area contributed by atoms with Crippen LogP contribution in [0, 0.1) is 0 Å². The maximum atomic E-state index is 4.07. The Morgan fingerprint density at radius 3 is 2.77 bits per heavy atom. The summed E-state index contributed by atoms with van der Waals surface area (Å²) >= 11 is 0. The molecule has 0 amide bonds. The number of hydrogen-bond donors (Lipinski definition) is 2. The molecule has 0 radical (unpaired) electrons. The number of rotatable bonds is 6. The first kappa shape index (κ1) is 10.1. The number of nitrogens with zero attached hydrogens (tertiary/aromatic N) is 2. The Morgan fingerprint density at radius 2 is 2.15 bits per heavy atom. The lowest BCUT2D eigenvalue weighted by Gasteiger charge is -2.05. The molecule has 0 aliphatic rings. The quantitative estimate of drug-likeness (QED) is 0.640. The van der Waals surface area contributed by atoms with E-state index in [0.29, 0.717) is 0 Å². The van der Waals surface area contributed by atoms with E-state index < -0.39 is 0 Å². The molecule has 2 N–H and O–H groups in total. The maximum Gasteiger partial charge on any atom is 0.123 e. The van der Waals surface area contributed by atoms with Crippen molar-refractivity contribution >= 4 is 5.82 Å². The fraction of sp³-hybridized carbons (Fsp3) is 0.667. The summed E-state index contributed by atoms with van der Waals surface area (Å²) in [4.78, 5) is 0. The van der Waals surface area contributed by atoms with Gasteiger partial charge in [-0.05, 0) is 26.4 Å². The predicted molar refractivity (Wildman–Crippen MR) is 54.9 cm³/mol. The van der Waals surface area contributed by atoms with Crippen LogP contribution in [0.5, 0.6) is 0 Å². The minimum absolute atomic E-state index is 1.02. The van der Waals surface area contributed by atoms with E-state index in [1.54, 1.807) is 6.20 Å². The summed E-state index contributed by atoms with van der Waals surface area (Å²) in [7, 11) is 3.92. The van der Waals surface area contributed by atoms with Crippen LogP contribution in [0.15, 0.2) is 12.3 Å². The van der Waals surface area contributed by atoms with Gasteiger partial charge in [-0.25, -0.2) is 0 Å². The van der Waals surface area contributed by atoms with Gasteiger partial charge in [-0.15, -0.1) is 0 Å². The van der Waals surface area contributed by atoms with Crippen LogP contribution in [0.2, 0.25) is 0 Å². The third-order valence-electron chi connectivity index (χ3n) is 1.98. The van der Waals surface area contributed by atoms with Crippen LogP contribution in [0.25, 0.3) is 0 Å². The van der Waals surface area contributed by atoms with Crippen LogP contribution in [0.4, 0.5) is 5.82 Å². The molecule has 1 aromatic heterocycles. The standard InChI is InChI=1S/C9H18N4/c1-10-6-3-4-7-11-9-5-8-12-13(9)2/h5,8,10-11H,3-4,6-7H2,1-2H3. The maximum absolute atomic E-state index is 4.07. The van der Waals surface area contributed by atoms with Crippen molar-refractivity contribution in [1.29, 1.82) is 0 Å². The smallest absolute Gasteiger partial charge is 0.123 e. The predicted octanol–water partition coefficient (Wildman–Crippen LogP) is 0.832. The number of aryl methyl sites for hydroxylation is 1. The Balaban J connectivity index is 2.10. The molecule has 0 saturated carbocycles. The van der Waals surface area contributed by atoms with Gasteiger partial charge in [0.05, 0.1) is 6.20 Å². The fourth-order valence-electron chi connectivity index (χ4n) is 1.19. The molecule has 0 aliphatic carbocycles. The SMILES string of the molecule is CNCCCCNc1ccnn1C. The van der Waals surface area contributed by atoms with Gasteiger partial charge >= 0.3 is 0 Å². The average molecular weight is 182 g/mol. The monoisotopic (exact) mass is 182 g/mol. The largest absolute Gasteiger partial charge is 0.370 e. The lowest BCUT2D eigenvalue weighted by Crippen LogP contribution is -2.11. The normalized spacial score (nSPS) is 10.3. The van der Waals surface area contributed by atoms with Gasteiger partial charge in [-0.2, -0.15) is 5.10 Å². The Hall–Kier alpha value is -1.03. The molecule has 74 valence electrons. The van der Waals surface area contributed by atoms with Crippen LogP contribution in [-0.4, -0.2) is 29.9 Å². The Kier molecular flexibility index (Phi) is 4.32. The molecule has 13 heavy (non-hydrogen) atoms.